The van der Waals surface area contributed by atoms with Crippen molar-refractivity contribution in [2.24, 2.45) is 0 Å². The fourth-order valence-electron chi connectivity index (χ4n) is 2.02. The predicted molar refractivity (Wildman–Crippen MR) is 64.5 cm³/mol. The Kier molecular flexibility index (Phi) is 3.14. The summed E-state index contributed by atoms with van der Waals surface area (Å²) in [4.78, 5) is 37.4. The Bertz CT molecular complexity index is 498. The molecule has 1 saturated heterocycles. The van der Waals surface area contributed by atoms with Gasteiger partial charge in [0.2, 0.25) is 0 Å². The number of likely N-dealkylation sites (N-methyl/N-ethyl adjacent to an activating group) is 1. The normalized spacial score (nSPS) is 17.6. The number of carbonyl (C=O) groups is 3. The summed E-state index contributed by atoms with van der Waals surface area (Å²) in [6, 6.07) is 8.18. The molecule has 0 bridgehead atoms. The molecule has 0 aliphatic carbocycles. The fraction of sp³-hybridized carbons (Fsp3) is 0.308. The lowest BCUT2D eigenvalue weighted by Gasteiger charge is -2.21. The second-order valence-electron chi connectivity index (χ2n) is 4.09. The van der Waals surface area contributed by atoms with Gasteiger partial charge in [-0.3, -0.25) is 14.5 Å². The van der Waals surface area contributed by atoms with Gasteiger partial charge in [-0.25, -0.2) is 9.69 Å². The molecular weight excluding hydrogens is 232 g/mol. The summed E-state index contributed by atoms with van der Waals surface area (Å²) < 4.78 is 0. The Morgan fingerprint density at radius 1 is 1.06 bits per heavy atom. The van der Waals surface area contributed by atoms with E-state index in [1.807, 2.05) is 30.3 Å². The topological polar surface area (TPSA) is 57.7 Å². The highest BCUT2D eigenvalue weighted by molar-refractivity contribution is 6.44. The van der Waals surface area contributed by atoms with E-state index in [9.17, 15) is 14.4 Å². The van der Waals surface area contributed by atoms with Crippen LogP contribution in [0.2, 0.25) is 0 Å². The summed E-state index contributed by atoms with van der Waals surface area (Å²) >= 11 is 0. The molecule has 1 aliphatic rings. The Balaban J connectivity index is 2.32. The van der Waals surface area contributed by atoms with E-state index < -0.39 is 23.9 Å². The van der Waals surface area contributed by atoms with E-state index in [1.165, 1.54) is 0 Å². The number of nitrogens with zero attached hydrogens (tertiary/aromatic N) is 2. The van der Waals surface area contributed by atoms with Crippen molar-refractivity contribution in [3.63, 3.8) is 0 Å². The Hall–Kier alpha value is -2.17. The first-order valence-electron chi connectivity index (χ1n) is 5.82. The quantitative estimate of drug-likeness (QED) is 0.600. The zero-order valence-corrected chi connectivity index (χ0v) is 10.3. The molecule has 1 atom stereocenters. The molecule has 1 heterocycles. The van der Waals surface area contributed by atoms with Gasteiger partial charge in [-0.2, -0.15) is 0 Å². The monoisotopic (exact) mass is 246 g/mol. The highest BCUT2D eigenvalue weighted by Crippen LogP contribution is 2.25. The van der Waals surface area contributed by atoms with Gasteiger partial charge in [0.1, 0.15) is 0 Å². The van der Waals surface area contributed by atoms with Gasteiger partial charge in [0.05, 0.1) is 6.04 Å². The summed E-state index contributed by atoms with van der Waals surface area (Å²) in [7, 11) is 0. The second kappa shape index (κ2) is 4.60. The summed E-state index contributed by atoms with van der Waals surface area (Å²) in [6.45, 7) is 3.61. The van der Waals surface area contributed by atoms with Crippen LogP contribution < -0.4 is 0 Å². The summed E-state index contributed by atoms with van der Waals surface area (Å²) in [5.41, 5.74) is 0.824. The van der Waals surface area contributed by atoms with Crippen molar-refractivity contribution in [2.75, 3.05) is 6.54 Å². The molecule has 4 amide bonds. The van der Waals surface area contributed by atoms with Crippen LogP contribution in [-0.2, 0) is 9.59 Å². The van der Waals surface area contributed by atoms with Crippen molar-refractivity contribution in [1.82, 2.24) is 9.80 Å². The van der Waals surface area contributed by atoms with Crippen molar-refractivity contribution in [1.29, 1.82) is 0 Å². The van der Waals surface area contributed by atoms with Crippen molar-refractivity contribution in [3.05, 3.63) is 35.9 Å². The minimum absolute atomic E-state index is 0.210. The molecule has 5 heteroatoms. The molecule has 1 unspecified atom stereocenters. The highest BCUT2D eigenvalue weighted by Gasteiger charge is 2.45. The average molecular weight is 246 g/mol. The summed E-state index contributed by atoms with van der Waals surface area (Å²) in [5.74, 6) is -1.50. The molecule has 1 aromatic carbocycles. The van der Waals surface area contributed by atoms with Gasteiger partial charge in [-0.05, 0) is 19.4 Å². The van der Waals surface area contributed by atoms with Crippen LogP contribution in [0.4, 0.5) is 4.79 Å². The minimum Gasteiger partial charge on any atom is -0.263 e. The van der Waals surface area contributed by atoms with Crippen LogP contribution in [0, 0.1) is 0 Å². The highest BCUT2D eigenvalue weighted by atomic mass is 16.2. The largest absolute Gasteiger partial charge is 0.334 e. The number of rotatable bonds is 3. The first kappa shape index (κ1) is 12.3. The third-order valence-corrected chi connectivity index (χ3v) is 3.07. The molecule has 94 valence electrons. The lowest BCUT2D eigenvalue weighted by molar-refractivity contribution is -0.143. The lowest BCUT2D eigenvalue weighted by atomic mass is 10.1. The zero-order valence-electron chi connectivity index (χ0n) is 10.3. The predicted octanol–water partition coefficient (Wildman–Crippen LogP) is 1.56. The molecule has 5 nitrogen and oxygen atoms in total. The van der Waals surface area contributed by atoms with Gasteiger partial charge in [0.25, 0.3) is 0 Å². The van der Waals surface area contributed by atoms with Gasteiger partial charge >= 0.3 is 17.8 Å². The van der Waals surface area contributed by atoms with Crippen LogP contribution in [0.5, 0.6) is 0 Å². The number of amides is 4. The zero-order chi connectivity index (χ0) is 13.3. The number of carbonyl (C=O) groups excluding carboxylic acids is 3. The smallest absolute Gasteiger partial charge is 0.263 e. The van der Waals surface area contributed by atoms with Crippen LogP contribution >= 0.6 is 0 Å². The molecule has 1 aliphatic heterocycles. The molecule has 0 radical (unpaired) electrons. The number of urea groups is 1. The molecule has 0 aromatic heterocycles. The molecule has 0 N–H and O–H groups in total. The molecule has 18 heavy (non-hydrogen) atoms. The van der Waals surface area contributed by atoms with Gasteiger partial charge in [0, 0.05) is 6.54 Å². The number of benzene rings is 1. The van der Waals surface area contributed by atoms with E-state index >= 15 is 0 Å². The summed E-state index contributed by atoms with van der Waals surface area (Å²) in [5, 5.41) is 0. The van der Waals surface area contributed by atoms with Crippen LogP contribution in [0.3, 0.4) is 0 Å². The Labute approximate surface area is 105 Å². The van der Waals surface area contributed by atoms with E-state index in [4.69, 9.17) is 0 Å². The molecule has 0 spiro atoms. The molecular formula is C13H14N2O3. The van der Waals surface area contributed by atoms with E-state index in [0.717, 1.165) is 15.4 Å². The van der Waals surface area contributed by atoms with Crippen LogP contribution in [0.25, 0.3) is 0 Å². The Morgan fingerprint density at radius 2 is 1.67 bits per heavy atom. The first-order valence-corrected chi connectivity index (χ1v) is 5.82. The molecule has 1 fully saturated rings. The third-order valence-electron chi connectivity index (χ3n) is 3.07. The van der Waals surface area contributed by atoms with Gasteiger partial charge in [0.15, 0.2) is 0 Å². The van der Waals surface area contributed by atoms with E-state index in [-0.39, 0.29) is 6.54 Å². The van der Waals surface area contributed by atoms with Crippen molar-refractivity contribution in [3.8, 4) is 0 Å². The average Bonchev–Trinajstić information content (AvgIpc) is 2.60. The van der Waals surface area contributed by atoms with Gasteiger partial charge in [-0.1, -0.05) is 30.3 Å². The standard InChI is InChI=1S/C13H14N2O3/c1-3-14-11(16)12(17)15(13(14)18)9(2)10-7-5-4-6-8-10/h4-9H,3H2,1-2H3. The van der Waals surface area contributed by atoms with Crippen molar-refractivity contribution < 1.29 is 14.4 Å². The minimum atomic E-state index is -0.752. The van der Waals surface area contributed by atoms with Crippen LogP contribution in [-0.4, -0.2) is 34.2 Å². The molecule has 2 rings (SSSR count). The van der Waals surface area contributed by atoms with E-state index in [0.29, 0.717) is 0 Å². The van der Waals surface area contributed by atoms with Crippen LogP contribution in [0.1, 0.15) is 25.5 Å². The van der Waals surface area contributed by atoms with Crippen molar-refractivity contribution in [2.45, 2.75) is 19.9 Å². The maximum Gasteiger partial charge on any atom is 0.334 e. The molecule has 0 saturated carbocycles. The summed E-state index contributed by atoms with van der Waals surface area (Å²) in [6.07, 6.45) is 0. The number of hydrogen-bond donors (Lipinski definition) is 0. The van der Waals surface area contributed by atoms with Gasteiger partial charge in [-0.15, -0.1) is 0 Å². The lowest BCUT2D eigenvalue weighted by Crippen LogP contribution is -2.35. The second-order valence-corrected chi connectivity index (χ2v) is 4.09. The number of hydrogen-bond acceptors (Lipinski definition) is 3. The first-order chi connectivity index (χ1) is 8.57. The number of imide groups is 2. The maximum absolute atomic E-state index is 12.0. The fourth-order valence-corrected chi connectivity index (χ4v) is 2.02. The Morgan fingerprint density at radius 3 is 2.17 bits per heavy atom. The molecule has 1 aromatic rings. The van der Waals surface area contributed by atoms with Crippen LogP contribution in [0.15, 0.2) is 30.3 Å². The SMILES string of the molecule is CCN1C(=O)C(=O)N(C(C)c2ccccc2)C1=O. The van der Waals surface area contributed by atoms with Crippen molar-refractivity contribution >= 4 is 17.8 Å². The maximum atomic E-state index is 12.0. The van der Waals surface area contributed by atoms with E-state index in [1.54, 1.807) is 13.8 Å². The van der Waals surface area contributed by atoms with Gasteiger partial charge < -0.3 is 0 Å². The third kappa shape index (κ3) is 1.77. The van der Waals surface area contributed by atoms with E-state index in [2.05, 4.69) is 0 Å².